The summed E-state index contributed by atoms with van der Waals surface area (Å²) in [6.45, 7) is 0. The van der Waals surface area contributed by atoms with Gasteiger partial charge in [-0.1, -0.05) is 0 Å². The Morgan fingerprint density at radius 3 is 2.28 bits per heavy atom. The van der Waals surface area contributed by atoms with Gasteiger partial charge in [0.15, 0.2) is 11.5 Å². The Balaban J connectivity index is 2.38. The number of ether oxygens (including phenoxy) is 3. The maximum absolute atomic E-state index is 12.5. The van der Waals surface area contributed by atoms with Crippen molar-refractivity contribution in [2.45, 2.75) is 0 Å². The van der Waals surface area contributed by atoms with E-state index in [2.05, 4.69) is 5.32 Å². The average molecular weight is 399 g/mol. The normalized spacial score (nSPS) is 10.6. The minimum absolute atomic E-state index is 0.0824. The number of methoxy groups -OCH3 is 3. The number of phenolic OH excluding ortho intramolecular Hbond substituents is 1. The molecule has 2 aromatic rings. The van der Waals surface area contributed by atoms with E-state index in [0.29, 0.717) is 22.8 Å². The van der Waals surface area contributed by atoms with Crippen molar-refractivity contribution in [2.75, 3.05) is 26.6 Å². The predicted octanol–water partition coefficient (Wildman–Crippen LogP) is 2.87. The Bertz CT molecular complexity index is 1030. The van der Waals surface area contributed by atoms with Crippen molar-refractivity contribution in [3.05, 3.63) is 51.6 Å². The molecule has 0 heterocycles. The number of nitriles is 1. The number of amides is 1. The highest BCUT2D eigenvalue weighted by Crippen LogP contribution is 2.36. The van der Waals surface area contributed by atoms with Crippen LogP contribution in [-0.4, -0.2) is 37.3 Å². The first-order chi connectivity index (χ1) is 13.8. The lowest BCUT2D eigenvalue weighted by atomic mass is 10.1. The fourth-order valence-corrected chi connectivity index (χ4v) is 2.40. The van der Waals surface area contributed by atoms with Gasteiger partial charge < -0.3 is 24.6 Å². The zero-order valence-electron chi connectivity index (χ0n) is 15.8. The highest BCUT2D eigenvalue weighted by atomic mass is 16.6. The van der Waals surface area contributed by atoms with Crippen LogP contribution in [0.25, 0.3) is 6.08 Å². The van der Waals surface area contributed by atoms with E-state index in [4.69, 9.17) is 14.2 Å². The maximum Gasteiger partial charge on any atom is 0.273 e. The molecular formula is C19H17N3O7. The van der Waals surface area contributed by atoms with E-state index < -0.39 is 16.6 Å². The molecule has 0 aliphatic heterocycles. The van der Waals surface area contributed by atoms with Crippen molar-refractivity contribution in [3.63, 3.8) is 0 Å². The molecule has 0 bridgehead atoms. The molecule has 0 fully saturated rings. The van der Waals surface area contributed by atoms with E-state index in [1.807, 2.05) is 0 Å². The number of nitro benzene ring substituents is 1. The standard InChI is InChI=1S/C19H17N3O7/c1-27-16-9-18(29-3)17(28-2)7-11(16)6-12(10-20)19(24)21-14-5-4-13(22(25)26)8-15(14)23/h4-9,23H,1-3H3,(H,21,24)/b12-6+. The zero-order chi connectivity index (χ0) is 21.6. The second-order valence-corrected chi connectivity index (χ2v) is 5.53. The van der Waals surface area contributed by atoms with Gasteiger partial charge in [0.05, 0.1) is 38.0 Å². The van der Waals surface area contributed by atoms with E-state index >= 15 is 0 Å². The number of aromatic hydroxyl groups is 1. The molecule has 2 rings (SSSR count). The number of nitrogens with one attached hydrogen (secondary N) is 1. The van der Waals surface area contributed by atoms with Crippen LogP contribution in [0.2, 0.25) is 0 Å². The molecule has 2 aromatic carbocycles. The largest absolute Gasteiger partial charge is 0.506 e. The third kappa shape index (κ3) is 4.72. The number of rotatable bonds is 7. The highest BCUT2D eigenvalue weighted by molar-refractivity contribution is 6.10. The first kappa shape index (κ1) is 21.0. The van der Waals surface area contributed by atoms with Crippen LogP contribution < -0.4 is 19.5 Å². The number of carbonyl (C=O) groups excluding carboxylic acids is 1. The van der Waals surface area contributed by atoms with Crippen molar-refractivity contribution in [1.82, 2.24) is 0 Å². The van der Waals surface area contributed by atoms with E-state index in [0.717, 1.165) is 18.2 Å². The summed E-state index contributed by atoms with van der Waals surface area (Å²) in [6.07, 6.45) is 1.28. The van der Waals surface area contributed by atoms with Crippen LogP contribution in [-0.2, 0) is 4.79 Å². The summed E-state index contributed by atoms with van der Waals surface area (Å²) < 4.78 is 15.7. The number of hydrogen-bond acceptors (Lipinski definition) is 8. The van der Waals surface area contributed by atoms with Gasteiger partial charge in [0.25, 0.3) is 11.6 Å². The van der Waals surface area contributed by atoms with Crippen LogP contribution in [0.15, 0.2) is 35.9 Å². The van der Waals surface area contributed by atoms with Crippen molar-refractivity contribution in [3.8, 4) is 29.1 Å². The summed E-state index contributed by atoms with van der Waals surface area (Å²) in [5.74, 6) is -0.228. The van der Waals surface area contributed by atoms with Crippen molar-refractivity contribution >= 4 is 23.4 Å². The fourth-order valence-electron chi connectivity index (χ4n) is 2.40. The Hall–Kier alpha value is -4.26. The molecule has 1 amide bonds. The molecule has 150 valence electrons. The summed E-state index contributed by atoms with van der Waals surface area (Å²) in [6, 6.07) is 8.01. The monoisotopic (exact) mass is 399 g/mol. The van der Waals surface area contributed by atoms with Crippen LogP contribution in [0.4, 0.5) is 11.4 Å². The first-order valence-corrected chi connectivity index (χ1v) is 8.05. The molecule has 0 atom stereocenters. The molecule has 0 saturated carbocycles. The van der Waals surface area contributed by atoms with Crippen molar-refractivity contribution in [1.29, 1.82) is 5.26 Å². The SMILES string of the molecule is COc1cc(OC)c(OC)cc1/C=C(\C#N)C(=O)Nc1ccc([N+](=O)[O-])cc1O. The lowest BCUT2D eigenvalue weighted by Crippen LogP contribution is -2.13. The van der Waals surface area contributed by atoms with Gasteiger partial charge in [-0.15, -0.1) is 0 Å². The molecule has 0 aliphatic rings. The topological polar surface area (TPSA) is 144 Å². The summed E-state index contributed by atoms with van der Waals surface area (Å²) in [7, 11) is 4.31. The Morgan fingerprint density at radius 1 is 1.14 bits per heavy atom. The summed E-state index contributed by atoms with van der Waals surface area (Å²) in [5, 5.41) is 32.3. The van der Waals surface area contributed by atoms with Crippen LogP contribution >= 0.6 is 0 Å². The van der Waals surface area contributed by atoms with E-state index in [-0.39, 0.29) is 16.9 Å². The molecule has 2 N–H and O–H groups in total. The summed E-state index contributed by atoms with van der Waals surface area (Å²) in [5.41, 5.74) is -0.342. The lowest BCUT2D eigenvalue weighted by Gasteiger charge is -2.12. The number of anilines is 1. The van der Waals surface area contributed by atoms with E-state index in [9.17, 15) is 25.3 Å². The number of non-ortho nitro benzene ring substituents is 1. The Labute approximate surface area is 165 Å². The molecular weight excluding hydrogens is 382 g/mol. The van der Waals surface area contributed by atoms with Gasteiger partial charge in [-0.05, 0) is 18.2 Å². The lowest BCUT2D eigenvalue weighted by molar-refractivity contribution is -0.384. The molecule has 0 saturated heterocycles. The fraction of sp³-hybridized carbons (Fsp3) is 0.158. The molecule has 10 heteroatoms. The molecule has 0 aliphatic carbocycles. The van der Waals surface area contributed by atoms with E-state index in [1.54, 1.807) is 12.1 Å². The second kappa shape index (κ2) is 9.09. The molecule has 0 unspecified atom stereocenters. The molecule has 0 aromatic heterocycles. The number of benzene rings is 2. The molecule has 0 radical (unpaired) electrons. The van der Waals surface area contributed by atoms with Crippen LogP contribution in [0.5, 0.6) is 23.0 Å². The van der Waals surface area contributed by atoms with Gasteiger partial charge in [0.2, 0.25) is 0 Å². The number of phenols is 1. The number of nitro groups is 1. The molecule has 10 nitrogen and oxygen atoms in total. The van der Waals surface area contributed by atoms with Crippen LogP contribution in [0, 0.1) is 21.4 Å². The smallest absolute Gasteiger partial charge is 0.273 e. The van der Waals surface area contributed by atoms with Crippen LogP contribution in [0.1, 0.15) is 5.56 Å². The number of hydrogen-bond donors (Lipinski definition) is 2. The minimum Gasteiger partial charge on any atom is -0.506 e. The molecule has 0 spiro atoms. The number of nitrogens with zero attached hydrogens (tertiary/aromatic N) is 2. The number of carbonyl (C=O) groups is 1. The Kier molecular flexibility index (Phi) is 6.60. The predicted molar refractivity (Wildman–Crippen MR) is 103 cm³/mol. The van der Waals surface area contributed by atoms with Gasteiger partial charge in [-0.3, -0.25) is 14.9 Å². The van der Waals surface area contributed by atoms with Gasteiger partial charge in [-0.2, -0.15) is 5.26 Å². The summed E-state index contributed by atoms with van der Waals surface area (Å²) >= 11 is 0. The van der Waals surface area contributed by atoms with Crippen molar-refractivity contribution < 1.29 is 29.0 Å². The van der Waals surface area contributed by atoms with Gasteiger partial charge >= 0.3 is 0 Å². The molecule has 29 heavy (non-hydrogen) atoms. The third-order valence-electron chi connectivity index (χ3n) is 3.84. The summed E-state index contributed by atoms with van der Waals surface area (Å²) in [4.78, 5) is 22.5. The van der Waals surface area contributed by atoms with Crippen molar-refractivity contribution in [2.24, 2.45) is 0 Å². The average Bonchev–Trinajstić information content (AvgIpc) is 2.72. The van der Waals surface area contributed by atoms with Gasteiger partial charge in [0.1, 0.15) is 23.1 Å². The quantitative estimate of drug-likeness (QED) is 0.238. The third-order valence-corrected chi connectivity index (χ3v) is 3.84. The minimum atomic E-state index is -0.825. The zero-order valence-corrected chi connectivity index (χ0v) is 15.8. The van der Waals surface area contributed by atoms with Gasteiger partial charge in [-0.25, -0.2) is 0 Å². The highest BCUT2D eigenvalue weighted by Gasteiger charge is 2.17. The first-order valence-electron chi connectivity index (χ1n) is 8.05. The second-order valence-electron chi connectivity index (χ2n) is 5.53. The maximum atomic E-state index is 12.5. The van der Waals surface area contributed by atoms with Gasteiger partial charge in [0, 0.05) is 17.7 Å². The van der Waals surface area contributed by atoms with Crippen LogP contribution in [0.3, 0.4) is 0 Å². The Morgan fingerprint density at radius 2 is 1.76 bits per heavy atom. The van der Waals surface area contributed by atoms with E-state index in [1.165, 1.54) is 33.5 Å².